The van der Waals surface area contributed by atoms with Crippen molar-refractivity contribution in [3.05, 3.63) is 52.0 Å². The van der Waals surface area contributed by atoms with E-state index in [1.54, 1.807) is 36.4 Å². The molecule has 6 heteroatoms. The molecular formula is C19H19BrO5. The summed E-state index contributed by atoms with van der Waals surface area (Å²) in [6, 6.07) is 9.75. The summed E-state index contributed by atoms with van der Waals surface area (Å²) in [6.07, 6.45) is 0.615. The summed E-state index contributed by atoms with van der Waals surface area (Å²) in [5.41, 5.74) is 0.565. The summed E-state index contributed by atoms with van der Waals surface area (Å²) in [4.78, 5) is 23.6. The maximum absolute atomic E-state index is 12.4. The zero-order valence-corrected chi connectivity index (χ0v) is 15.8. The Morgan fingerprint density at radius 3 is 2.56 bits per heavy atom. The van der Waals surface area contributed by atoms with Crippen LogP contribution in [0, 0.1) is 5.92 Å². The van der Waals surface area contributed by atoms with E-state index < -0.39 is 5.97 Å². The Hall–Kier alpha value is -2.34. The third-order valence-electron chi connectivity index (χ3n) is 3.29. The van der Waals surface area contributed by atoms with Crippen molar-refractivity contribution in [3.8, 4) is 17.2 Å². The Bertz CT molecular complexity index is 770. The van der Waals surface area contributed by atoms with Crippen molar-refractivity contribution >= 4 is 28.2 Å². The monoisotopic (exact) mass is 406 g/mol. The van der Waals surface area contributed by atoms with Crippen molar-refractivity contribution in [2.24, 2.45) is 5.92 Å². The Kier molecular flexibility index (Phi) is 6.58. The third kappa shape index (κ3) is 4.82. The molecule has 2 rings (SSSR count). The highest BCUT2D eigenvalue weighted by molar-refractivity contribution is 9.10. The van der Waals surface area contributed by atoms with E-state index in [0.29, 0.717) is 40.3 Å². The summed E-state index contributed by atoms with van der Waals surface area (Å²) in [6.45, 7) is 4.68. The zero-order chi connectivity index (χ0) is 18.4. The quantitative estimate of drug-likeness (QED) is 0.384. The standard InChI is InChI=1S/C19H19BrO5/c1-12(2)11-24-16-8-7-13(9-15(16)20)19(22)25-18-14(10-21)5-4-6-17(18)23-3/h4-10,12H,11H2,1-3H3. The van der Waals surface area contributed by atoms with Gasteiger partial charge >= 0.3 is 5.97 Å². The Labute approximate surface area is 155 Å². The molecule has 0 fully saturated rings. The van der Waals surface area contributed by atoms with E-state index in [0.717, 1.165) is 0 Å². The van der Waals surface area contributed by atoms with Gasteiger partial charge in [0.1, 0.15) is 5.75 Å². The second kappa shape index (κ2) is 8.67. The molecular weight excluding hydrogens is 388 g/mol. The molecule has 0 spiro atoms. The lowest BCUT2D eigenvalue weighted by molar-refractivity contribution is 0.0728. The molecule has 0 heterocycles. The molecule has 5 nitrogen and oxygen atoms in total. The maximum atomic E-state index is 12.4. The number of halogens is 1. The van der Waals surface area contributed by atoms with Gasteiger partial charge in [0, 0.05) is 0 Å². The fourth-order valence-electron chi connectivity index (χ4n) is 2.05. The molecule has 0 radical (unpaired) electrons. The van der Waals surface area contributed by atoms with Crippen molar-refractivity contribution in [3.63, 3.8) is 0 Å². The minimum atomic E-state index is -0.594. The van der Waals surface area contributed by atoms with Gasteiger partial charge in [-0.05, 0) is 52.2 Å². The number of carbonyl (C=O) groups is 2. The van der Waals surface area contributed by atoms with E-state index in [-0.39, 0.29) is 11.3 Å². The first-order valence-electron chi connectivity index (χ1n) is 7.73. The van der Waals surface area contributed by atoms with Crippen LogP contribution in [0.25, 0.3) is 0 Å². The van der Waals surface area contributed by atoms with E-state index >= 15 is 0 Å². The van der Waals surface area contributed by atoms with Crippen LogP contribution in [0.2, 0.25) is 0 Å². The number of rotatable bonds is 7. The third-order valence-corrected chi connectivity index (χ3v) is 3.91. The zero-order valence-electron chi connectivity index (χ0n) is 14.2. The van der Waals surface area contributed by atoms with Crippen LogP contribution in [-0.4, -0.2) is 26.0 Å². The smallest absolute Gasteiger partial charge is 0.343 e. The van der Waals surface area contributed by atoms with Gasteiger partial charge in [-0.2, -0.15) is 0 Å². The van der Waals surface area contributed by atoms with E-state index in [1.165, 1.54) is 7.11 Å². The number of ether oxygens (including phenoxy) is 3. The highest BCUT2D eigenvalue weighted by Crippen LogP contribution is 2.32. The largest absolute Gasteiger partial charge is 0.493 e. The van der Waals surface area contributed by atoms with Crippen LogP contribution in [-0.2, 0) is 0 Å². The first-order valence-corrected chi connectivity index (χ1v) is 8.52. The minimum absolute atomic E-state index is 0.0984. The number of para-hydroxylation sites is 1. The molecule has 0 N–H and O–H groups in total. The SMILES string of the molecule is COc1cccc(C=O)c1OC(=O)c1ccc(OCC(C)C)c(Br)c1. The van der Waals surface area contributed by atoms with Gasteiger partial charge in [-0.1, -0.05) is 19.9 Å². The summed E-state index contributed by atoms with van der Waals surface area (Å²) >= 11 is 3.39. The molecule has 0 saturated heterocycles. The average molecular weight is 407 g/mol. The topological polar surface area (TPSA) is 61.8 Å². The van der Waals surface area contributed by atoms with Crippen LogP contribution in [0.15, 0.2) is 40.9 Å². The molecule has 2 aromatic rings. The van der Waals surface area contributed by atoms with E-state index in [4.69, 9.17) is 14.2 Å². The summed E-state index contributed by atoms with van der Waals surface area (Å²) < 4.78 is 16.8. The van der Waals surface area contributed by atoms with Crippen molar-refractivity contribution in [2.45, 2.75) is 13.8 Å². The van der Waals surface area contributed by atoms with Crippen LogP contribution in [0.3, 0.4) is 0 Å². The van der Waals surface area contributed by atoms with Crippen LogP contribution in [0.4, 0.5) is 0 Å². The first-order chi connectivity index (χ1) is 12.0. The fraction of sp³-hybridized carbons (Fsp3) is 0.263. The number of methoxy groups -OCH3 is 1. The molecule has 0 bridgehead atoms. The van der Waals surface area contributed by atoms with Crippen LogP contribution in [0.1, 0.15) is 34.6 Å². The molecule has 0 aliphatic rings. The van der Waals surface area contributed by atoms with Gasteiger partial charge in [-0.15, -0.1) is 0 Å². The number of hydrogen-bond donors (Lipinski definition) is 0. The molecule has 132 valence electrons. The van der Waals surface area contributed by atoms with Gasteiger partial charge in [0.15, 0.2) is 17.8 Å². The van der Waals surface area contributed by atoms with Gasteiger partial charge < -0.3 is 14.2 Å². The minimum Gasteiger partial charge on any atom is -0.493 e. The lowest BCUT2D eigenvalue weighted by Crippen LogP contribution is -2.11. The molecule has 0 aliphatic carbocycles. The molecule has 0 unspecified atom stereocenters. The molecule has 0 aromatic heterocycles. The number of carbonyl (C=O) groups excluding carboxylic acids is 2. The lowest BCUT2D eigenvalue weighted by Gasteiger charge is -2.13. The molecule has 0 saturated carbocycles. The first kappa shape index (κ1) is 19.0. The van der Waals surface area contributed by atoms with Gasteiger partial charge in [0.05, 0.1) is 29.3 Å². The summed E-state index contributed by atoms with van der Waals surface area (Å²) in [5.74, 6) is 0.860. The van der Waals surface area contributed by atoms with E-state index in [9.17, 15) is 9.59 Å². The predicted octanol–water partition coefficient (Wildman–Crippen LogP) is 4.52. The van der Waals surface area contributed by atoms with Crippen molar-refractivity contribution in [1.82, 2.24) is 0 Å². The highest BCUT2D eigenvalue weighted by Gasteiger charge is 2.17. The normalized spacial score (nSPS) is 10.4. The summed E-state index contributed by atoms with van der Waals surface area (Å²) in [5, 5.41) is 0. The molecule has 0 aliphatic heterocycles. The van der Waals surface area contributed by atoms with Crippen LogP contribution < -0.4 is 14.2 Å². The second-order valence-electron chi connectivity index (χ2n) is 5.74. The van der Waals surface area contributed by atoms with E-state index in [2.05, 4.69) is 29.8 Å². The summed E-state index contributed by atoms with van der Waals surface area (Å²) in [7, 11) is 1.44. The molecule has 2 aromatic carbocycles. The number of esters is 1. The number of aldehydes is 1. The van der Waals surface area contributed by atoms with Gasteiger partial charge in [0.2, 0.25) is 0 Å². The van der Waals surface area contributed by atoms with Crippen molar-refractivity contribution in [1.29, 1.82) is 0 Å². The maximum Gasteiger partial charge on any atom is 0.343 e. The average Bonchev–Trinajstić information content (AvgIpc) is 2.60. The number of benzene rings is 2. The van der Waals surface area contributed by atoms with Crippen molar-refractivity contribution < 1.29 is 23.8 Å². The van der Waals surface area contributed by atoms with Crippen LogP contribution >= 0.6 is 15.9 Å². The number of hydrogen-bond acceptors (Lipinski definition) is 5. The molecule has 25 heavy (non-hydrogen) atoms. The predicted molar refractivity (Wildman–Crippen MR) is 97.8 cm³/mol. The van der Waals surface area contributed by atoms with E-state index in [1.807, 2.05) is 0 Å². The Morgan fingerprint density at radius 1 is 1.20 bits per heavy atom. The molecule has 0 amide bonds. The Morgan fingerprint density at radius 2 is 1.96 bits per heavy atom. The van der Waals surface area contributed by atoms with Crippen molar-refractivity contribution in [2.75, 3.05) is 13.7 Å². The lowest BCUT2D eigenvalue weighted by atomic mass is 10.2. The second-order valence-corrected chi connectivity index (χ2v) is 6.59. The Balaban J connectivity index is 2.22. The van der Waals surface area contributed by atoms with Gasteiger partial charge in [0.25, 0.3) is 0 Å². The van der Waals surface area contributed by atoms with Crippen LogP contribution in [0.5, 0.6) is 17.2 Å². The highest BCUT2D eigenvalue weighted by atomic mass is 79.9. The van der Waals surface area contributed by atoms with Gasteiger partial charge in [-0.3, -0.25) is 4.79 Å². The van der Waals surface area contributed by atoms with Gasteiger partial charge in [-0.25, -0.2) is 4.79 Å². The molecule has 0 atom stereocenters. The fourth-order valence-corrected chi connectivity index (χ4v) is 2.54.